The van der Waals surface area contributed by atoms with Crippen molar-refractivity contribution in [3.63, 3.8) is 0 Å². The first-order valence-corrected chi connectivity index (χ1v) is 12.7. The van der Waals surface area contributed by atoms with Gasteiger partial charge in [0.1, 0.15) is 11.3 Å². The smallest absolute Gasteiger partial charge is 0.269 e. The van der Waals surface area contributed by atoms with Gasteiger partial charge in [0.2, 0.25) is 0 Å². The zero-order valence-corrected chi connectivity index (χ0v) is 21.8. The molecule has 1 saturated heterocycles. The van der Waals surface area contributed by atoms with Gasteiger partial charge in [-0.1, -0.05) is 47.6 Å². The lowest BCUT2D eigenvalue weighted by molar-refractivity contribution is -0.115. The van der Waals surface area contributed by atoms with Gasteiger partial charge >= 0.3 is 0 Å². The van der Waals surface area contributed by atoms with E-state index in [1.807, 2.05) is 42.5 Å². The first kappa shape index (κ1) is 24.8. The highest BCUT2D eigenvalue weighted by atomic mass is 32.1. The number of hydrogen-bond acceptors (Lipinski definition) is 6. The highest BCUT2D eigenvalue weighted by Gasteiger charge is 2.44. The number of thiocarbonyl (C=S) groups is 1. The van der Waals surface area contributed by atoms with E-state index in [-0.39, 0.29) is 5.91 Å². The van der Waals surface area contributed by atoms with Gasteiger partial charge in [0.15, 0.2) is 16.6 Å². The number of piperidine rings is 1. The maximum atomic E-state index is 12.8. The molecule has 0 radical (unpaired) electrons. The summed E-state index contributed by atoms with van der Waals surface area (Å²) in [5, 5.41) is 13.5. The second kappa shape index (κ2) is 10.6. The zero-order valence-electron chi connectivity index (χ0n) is 21.0. The number of oxime groups is 1. The Kier molecular flexibility index (Phi) is 7.14. The summed E-state index contributed by atoms with van der Waals surface area (Å²) in [6.45, 7) is 1.81. The van der Waals surface area contributed by atoms with Crippen LogP contribution in [0.5, 0.6) is 11.5 Å². The molecule has 9 heteroatoms. The molecule has 0 bridgehead atoms. The Morgan fingerprint density at radius 1 is 1.05 bits per heavy atom. The van der Waals surface area contributed by atoms with Gasteiger partial charge < -0.3 is 29.8 Å². The van der Waals surface area contributed by atoms with Crippen LogP contribution in [0, 0.1) is 0 Å². The van der Waals surface area contributed by atoms with Gasteiger partial charge in [-0.2, -0.15) is 0 Å². The fraction of sp³-hybridized carbons (Fsp3) is 0.321. The molecule has 0 unspecified atom stereocenters. The van der Waals surface area contributed by atoms with E-state index in [1.165, 1.54) is 5.39 Å². The number of fused-ring (bicyclic) bond motifs is 1. The predicted molar refractivity (Wildman–Crippen MR) is 148 cm³/mol. The fourth-order valence-corrected chi connectivity index (χ4v) is 5.12. The summed E-state index contributed by atoms with van der Waals surface area (Å²) >= 11 is 5.73. The molecule has 2 N–H and O–H groups in total. The minimum Gasteiger partial charge on any atom is -0.493 e. The standard InChI is InChI=1S/C28H30N4O4S/c1-34-24-11-10-19(16-25(24)35-2)18-29-26(33)23-17-28(36-31-23)12-14-32(15-13-28)27(37)30-22-9-5-7-20-6-3-4-8-21(20)22/h3-11,16H,12-15,17-18H2,1-2H3,(H,29,33)(H,30,37). The van der Waals surface area contributed by atoms with Crippen LogP contribution in [-0.4, -0.2) is 54.5 Å². The highest BCUT2D eigenvalue weighted by molar-refractivity contribution is 7.80. The number of rotatable bonds is 6. The molecule has 2 aliphatic rings. The number of anilines is 1. The number of nitrogens with zero attached hydrogens (tertiary/aromatic N) is 2. The van der Waals surface area contributed by atoms with Crippen molar-refractivity contribution < 1.29 is 19.1 Å². The van der Waals surface area contributed by atoms with E-state index >= 15 is 0 Å². The first-order chi connectivity index (χ1) is 18.0. The molecule has 1 spiro atoms. The summed E-state index contributed by atoms with van der Waals surface area (Å²) < 4.78 is 10.6. The van der Waals surface area contributed by atoms with Crippen LogP contribution < -0.4 is 20.1 Å². The Morgan fingerprint density at radius 2 is 1.81 bits per heavy atom. The largest absolute Gasteiger partial charge is 0.493 e. The number of methoxy groups -OCH3 is 2. The minimum absolute atomic E-state index is 0.220. The second-order valence-electron chi connectivity index (χ2n) is 9.30. The molecule has 8 nitrogen and oxygen atoms in total. The quantitative estimate of drug-likeness (QED) is 0.466. The van der Waals surface area contributed by atoms with E-state index in [4.69, 9.17) is 26.5 Å². The van der Waals surface area contributed by atoms with Gasteiger partial charge in [-0.3, -0.25) is 4.79 Å². The number of hydrogen-bond donors (Lipinski definition) is 2. The molecular weight excluding hydrogens is 488 g/mol. The minimum atomic E-state index is -0.457. The monoisotopic (exact) mass is 518 g/mol. The fourth-order valence-electron chi connectivity index (χ4n) is 4.83. The molecular formula is C28H30N4O4S. The summed E-state index contributed by atoms with van der Waals surface area (Å²) in [6, 6.07) is 20.0. The predicted octanol–water partition coefficient (Wildman–Crippen LogP) is 4.48. The molecule has 37 heavy (non-hydrogen) atoms. The molecule has 192 valence electrons. The van der Waals surface area contributed by atoms with E-state index in [9.17, 15) is 4.79 Å². The molecule has 1 amide bonds. The highest BCUT2D eigenvalue weighted by Crippen LogP contribution is 2.35. The Hall–Kier alpha value is -3.85. The molecule has 3 aromatic rings. The third kappa shape index (κ3) is 5.32. The van der Waals surface area contributed by atoms with Crippen LogP contribution in [0.4, 0.5) is 5.69 Å². The Bertz CT molecular complexity index is 1350. The van der Waals surface area contributed by atoms with Crippen LogP contribution in [0.15, 0.2) is 65.8 Å². The second-order valence-corrected chi connectivity index (χ2v) is 9.69. The van der Waals surface area contributed by atoms with Crippen molar-refractivity contribution in [2.45, 2.75) is 31.4 Å². The third-order valence-electron chi connectivity index (χ3n) is 7.00. The number of carbonyl (C=O) groups excluding carboxylic acids is 1. The summed E-state index contributed by atoms with van der Waals surface area (Å²) in [5.74, 6) is 1.04. The van der Waals surface area contributed by atoms with Crippen LogP contribution in [0.1, 0.15) is 24.8 Å². The van der Waals surface area contributed by atoms with Crippen LogP contribution in [0.3, 0.4) is 0 Å². The van der Waals surface area contributed by atoms with Crippen molar-refractivity contribution in [2.24, 2.45) is 5.16 Å². The van der Waals surface area contributed by atoms with Gasteiger partial charge in [0.25, 0.3) is 5.91 Å². The number of likely N-dealkylation sites (tertiary alicyclic amines) is 1. The van der Waals surface area contributed by atoms with Crippen molar-refractivity contribution >= 4 is 45.4 Å². The Morgan fingerprint density at radius 3 is 2.59 bits per heavy atom. The van der Waals surface area contributed by atoms with Crippen molar-refractivity contribution in [1.82, 2.24) is 10.2 Å². The topological polar surface area (TPSA) is 84.4 Å². The molecule has 5 rings (SSSR count). The first-order valence-electron chi connectivity index (χ1n) is 12.3. The van der Waals surface area contributed by atoms with Crippen LogP contribution in [-0.2, 0) is 16.2 Å². The normalized spacial score (nSPS) is 16.2. The molecule has 0 saturated carbocycles. The lowest BCUT2D eigenvalue weighted by Gasteiger charge is -2.38. The van der Waals surface area contributed by atoms with Gasteiger partial charge in [0.05, 0.1) is 14.2 Å². The maximum Gasteiger partial charge on any atom is 0.269 e. The van der Waals surface area contributed by atoms with E-state index in [2.05, 4.69) is 38.9 Å². The van der Waals surface area contributed by atoms with Crippen molar-refractivity contribution in [3.05, 3.63) is 66.2 Å². The van der Waals surface area contributed by atoms with Crippen molar-refractivity contribution in [3.8, 4) is 11.5 Å². The average molecular weight is 519 g/mol. The van der Waals surface area contributed by atoms with Gasteiger partial charge in [-0.05, 0) is 41.4 Å². The molecule has 2 heterocycles. The molecule has 0 aromatic heterocycles. The molecule has 2 aliphatic heterocycles. The van der Waals surface area contributed by atoms with E-state index in [0.29, 0.717) is 35.3 Å². The lowest BCUT2D eigenvalue weighted by atomic mass is 9.87. The maximum absolute atomic E-state index is 12.8. The van der Waals surface area contributed by atoms with E-state index < -0.39 is 5.60 Å². The van der Waals surface area contributed by atoms with Gasteiger partial charge in [0, 0.05) is 50.0 Å². The van der Waals surface area contributed by atoms with Crippen LogP contribution in [0.2, 0.25) is 0 Å². The lowest BCUT2D eigenvalue weighted by Crippen LogP contribution is -2.48. The molecule has 0 aliphatic carbocycles. The number of amides is 1. The molecule has 1 fully saturated rings. The molecule has 0 atom stereocenters. The SMILES string of the molecule is COc1ccc(CNC(=O)C2=NOC3(CCN(C(=S)Nc4cccc5ccccc45)CC3)C2)cc1OC. The average Bonchev–Trinajstić information content (AvgIpc) is 3.35. The Balaban J connectivity index is 1.13. The number of ether oxygens (including phenoxy) is 2. The summed E-state index contributed by atoms with van der Waals surface area (Å²) in [5.41, 5.74) is 1.87. The molecule has 3 aromatic carbocycles. The summed E-state index contributed by atoms with van der Waals surface area (Å²) in [4.78, 5) is 20.8. The van der Waals surface area contributed by atoms with E-state index in [0.717, 1.165) is 42.6 Å². The van der Waals surface area contributed by atoms with Crippen molar-refractivity contribution in [1.29, 1.82) is 0 Å². The van der Waals surface area contributed by atoms with Gasteiger partial charge in [-0.25, -0.2) is 0 Å². The summed E-state index contributed by atoms with van der Waals surface area (Å²) in [6.07, 6.45) is 1.96. The van der Waals surface area contributed by atoms with Crippen LogP contribution >= 0.6 is 12.2 Å². The zero-order chi connectivity index (χ0) is 25.8. The van der Waals surface area contributed by atoms with Gasteiger partial charge in [-0.15, -0.1) is 0 Å². The number of benzene rings is 3. The Labute approximate surface area is 221 Å². The van der Waals surface area contributed by atoms with Crippen LogP contribution in [0.25, 0.3) is 10.8 Å². The third-order valence-corrected chi connectivity index (χ3v) is 7.36. The van der Waals surface area contributed by atoms with Crippen molar-refractivity contribution in [2.75, 3.05) is 32.6 Å². The number of nitrogens with one attached hydrogen (secondary N) is 2. The van der Waals surface area contributed by atoms with E-state index in [1.54, 1.807) is 14.2 Å². The summed E-state index contributed by atoms with van der Waals surface area (Å²) in [7, 11) is 3.18. The number of carbonyl (C=O) groups is 1.